The second-order valence-corrected chi connectivity index (χ2v) is 11.1. The van der Waals surface area contributed by atoms with Crippen LogP contribution in [-0.2, 0) is 20.9 Å². The molecular formula is C32H45N3O4. The van der Waals surface area contributed by atoms with Crippen LogP contribution in [0.15, 0.2) is 48.5 Å². The van der Waals surface area contributed by atoms with Crippen LogP contribution in [0.5, 0.6) is 5.75 Å². The molecular weight excluding hydrogens is 490 g/mol. The molecule has 0 spiro atoms. The number of nitrogens with one attached hydrogen (secondary N) is 1. The van der Waals surface area contributed by atoms with Gasteiger partial charge in [-0.15, -0.1) is 0 Å². The van der Waals surface area contributed by atoms with E-state index in [0.717, 1.165) is 48.1 Å². The lowest BCUT2D eigenvalue weighted by Crippen LogP contribution is -2.50. The molecule has 1 heterocycles. The van der Waals surface area contributed by atoms with Crippen molar-refractivity contribution < 1.29 is 19.1 Å². The van der Waals surface area contributed by atoms with Gasteiger partial charge in [-0.1, -0.05) is 63.9 Å². The van der Waals surface area contributed by atoms with Gasteiger partial charge < -0.3 is 20.7 Å². The summed E-state index contributed by atoms with van der Waals surface area (Å²) in [6, 6.07) is 15.5. The SMILES string of the molecule is CCCC[C@H](C(N)=O)[C@@H](CC(C)C)C(=O)N[C@H]1CCCCN(Cc2cccc(-c3ccc(OC)cc3)c2)C1=O. The average molecular weight is 536 g/mol. The lowest BCUT2D eigenvalue weighted by Gasteiger charge is -2.29. The summed E-state index contributed by atoms with van der Waals surface area (Å²) >= 11 is 0. The minimum absolute atomic E-state index is 0.0665. The Morgan fingerprint density at radius 3 is 2.46 bits per heavy atom. The van der Waals surface area contributed by atoms with Crippen LogP contribution < -0.4 is 15.8 Å². The molecule has 3 amide bonds. The zero-order valence-electron chi connectivity index (χ0n) is 23.9. The van der Waals surface area contributed by atoms with E-state index < -0.39 is 23.8 Å². The molecule has 1 aliphatic rings. The molecule has 0 unspecified atom stereocenters. The normalized spacial score (nSPS) is 17.4. The number of methoxy groups -OCH3 is 1. The summed E-state index contributed by atoms with van der Waals surface area (Å²) in [5, 5.41) is 3.04. The Labute approximate surface area is 233 Å². The molecule has 0 saturated carbocycles. The lowest BCUT2D eigenvalue weighted by atomic mass is 9.81. The van der Waals surface area contributed by atoms with Gasteiger partial charge in [0, 0.05) is 24.9 Å². The van der Waals surface area contributed by atoms with E-state index in [4.69, 9.17) is 10.5 Å². The van der Waals surface area contributed by atoms with Gasteiger partial charge in [0.15, 0.2) is 0 Å². The molecule has 2 aromatic rings. The maximum atomic E-state index is 13.6. The number of rotatable bonds is 13. The predicted octanol–water partition coefficient (Wildman–Crippen LogP) is 5.31. The summed E-state index contributed by atoms with van der Waals surface area (Å²) in [6.07, 6.45) is 5.24. The number of benzene rings is 2. The molecule has 0 bridgehead atoms. The Hall–Kier alpha value is -3.35. The summed E-state index contributed by atoms with van der Waals surface area (Å²) in [5.74, 6) is -0.752. The number of amides is 3. The largest absolute Gasteiger partial charge is 0.497 e. The van der Waals surface area contributed by atoms with Crippen LogP contribution in [0.4, 0.5) is 0 Å². The van der Waals surface area contributed by atoms with Crippen LogP contribution in [0.3, 0.4) is 0 Å². The second kappa shape index (κ2) is 14.7. The van der Waals surface area contributed by atoms with Crippen molar-refractivity contribution in [1.29, 1.82) is 0 Å². The predicted molar refractivity (Wildman–Crippen MR) is 155 cm³/mol. The number of nitrogens with two attached hydrogens (primary N) is 1. The van der Waals surface area contributed by atoms with Crippen LogP contribution in [-0.4, -0.2) is 42.3 Å². The van der Waals surface area contributed by atoms with E-state index >= 15 is 0 Å². The summed E-state index contributed by atoms with van der Waals surface area (Å²) in [5.41, 5.74) is 8.94. The minimum Gasteiger partial charge on any atom is -0.497 e. The van der Waals surface area contributed by atoms with Crippen molar-refractivity contribution in [1.82, 2.24) is 10.2 Å². The molecule has 1 saturated heterocycles. The first kappa shape index (κ1) is 30.2. The maximum Gasteiger partial charge on any atom is 0.245 e. The summed E-state index contributed by atoms with van der Waals surface area (Å²) in [6.45, 7) is 7.26. The maximum absolute atomic E-state index is 13.6. The molecule has 7 nitrogen and oxygen atoms in total. The fourth-order valence-electron chi connectivity index (χ4n) is 5.46. The molecule has 212 valence electrons. The van der Waals surface area contributed by atoms with E-state index in [9.17, 15) is 14.4 Å². The Morgan fingerprint density at radius 1 is 1.08 bits per heavy atom. The quantitative estimate of drug-likeness (QED) is 0.363. The number of ether oxygens (including phenoxy) is 1. The lowest BCUT2D eigenvalue weighted by molar-refractivity contribution is -0.139. The van der Waals surface area contributed by atoms with Gasteiger partial charge in [0.25, 0.3) is 0 Å². The van der Waals surface area contributed by atoms with Crippen LogP contribution in [0.1, 0.15) is 71.3 Å². The van der Waals surface area contributed by atoms with Gasteiger partial charge in [-0.2, -0.15) is 0 Å². The number of primary amides is 1. The van der Waals surface area contributed by atoms with Crippen molar-refractivity contribution in [3.05, 3.63) is 54.1 Å². The summed E-state index contributed by atoms with van der Waals surface area (Å²) in [4.78, 5) is 41.3. The zero-order chi connectivity index (χ0) is 28.4. The highest BCUT2D eigenvalue weighted by molar-refractivity contribution is 5.91. The first-order valence-corrected chi connectivity index (χ1v) is 14.3. The van der Waals surface area contributed by atoms with Crippen LogP contribution in [0, 0.1) is 17.8 Å². The highest BCUT2D eigenvalue weighted by atomic mass is 16.5. The first-order chi connectivity index (χ1) is 18.7. The molecule has 7 heteroatoms. The van der Waals surface area contributed by atoms with Gasteiger partial charge >= 0.3 is 0 Å². The number of unbranched alkanes of at least 4 members (excludes halogenated alkanes) is 1. The first-order valence-electron chi connectivity index (χ1n) is 14.3. The topological polar surface area (TPSA) is 102 Å². The van der Waals surface area contributed by atoms with Gasteiger partial charge in [0.05, 0.1) is 7.11 Å². The Balaban J connectivity index is 1.74. The Bertz CT molecular complexity index is 1100. The number of carbonyl (C=O) groups is 3. The second-order valence-electron chi connectivity index (χ2n) is 11.1. The molecule has 3 atom stereocenters. The van der Waals surface area contributed by atoms with Crippen molar-refractivity contribution in [2.75, 3.05) is 13.7 Å². The number of hydrogen-bond donors (Lipinski definition) is 2. The number of likely N-dealkylation sites (tertiary alicyclic amines) is 1. The third kappa shape index (κ3) is 8.57. The van der Waals surface area contributed by atoms with Crippen LogP contribution >= 0.6 is 0 Å². The monoisotopic (exact) mass is 535 g/mol. The number of carbonyl (C=O) groups excluding carboxylic acids is 3. The van der Waals surface area contributed by atoms with Gasteiger partial charge in [0.1, 0.15) is 11.8 Å². The standard InChI is InChI=1S/C32H45N3O4/c1-5-6-12-27(30(33)36)28(19-22(2)3)31(37)34-29-13-7-8-18-35(32(29)38)21-23-10-9-11-25(20-23)24-14-16-26(39-4)17-15-24/h9-11,14-17,20,22,27-29H,5-8,12-13,18-19,21H2,1-4H3,(H2,33,36)(H,34,37)/t27-,28+,29-/m0/s1. The third-order valence-electron chi connectivity index (χ3n) is 7.60. The summed E-state index contributed by atoms with van der Waals surface area (Å²) < 4.78 is 5.27. The van der Waals surface area contributed by atoms with E-state index in [1.165, 1.54) is 0 Å². The third-order valence-corrected chi connectivity index (χ3v) is 7.60. The summed E-state index contributed by atoms with van der Waals surface area (Å²) in [7, 11) is 1.65. The van der Waals surface area contributed by atoms with Crippen LogP contribution in [0.25, 0.3) is 11.1 Å². The van der Waals surface area contributed by atoms with Crippen molar-refractivity contribution in [3.8, 4) is 16.9 Å². The van der Waals surface area contributed by atoms with Crippen molar-refractivity contribution >= 4 is 17.7 Å². The average Bonchev–Trinajstić information content (AvgIpc) is 3.09. The molecule has 1 fully saturated rings. The van der Waals surface area contributed by atoms with Crippen LogP contribution in [0.2, 0.25) is 0 Å². The minimum atomic E-state index is -0.598. The van der Waals surface area contributed by atoms with Crippen molar-refractivity contribution in [2.45, 2.75) is 78.3 Å². The molecule has 39 heavy (non-hydrogen) atoms. The molecule has 0 aromatic heterocycles. The van der Waals surface area contributed by atoms with E-state index in [1.54, 1.807) is 7.11 Å². The van der Waals surface area contributed by atoms with Gasteiger partial charge in [-0.05, 0) is 72.9 Å². The Morgan fingerprint density at radius 2 is 1.82 bits per heavy atom. The van der Waals surface area contributed by atoms with Gasteiger partial charge in [0.2, 0.25) is 17.7 Å². The molecule has 3 rings (SSSR count). The highest BCUT2D eigenvalue weighted by Crippen LogP contribution is 2.27. The van der Waals surface area contributed by atoms with E-state index in [1.807, 2.05) is 55.1 Å². The van der Waals surface area contributed by atoms with Gasteiger partial charge in [-0.3, -0.25) is 14.4 Å². The molecule has 0 aliphatic carbocycles. The number of nitrogens with zero attached hydrogens (tertiary/aromatic N) is 1. The fraction of sp³-hybridized carbons (Fsp3) is 0.531. The fourth-order valence-corrected chi connectivity index (χ4v) is 5.46. The highest BCUT2D eigenvalue weighted by Gasteiger charge is 2.36. The van der Waals surface area contributed by atoms with E-state index in [-0.39, 0.29) is 17.7 Å². The van der Waals surface area contributed by atoms with Crippen molar-refractivity contribution in [3.63, 3.8) is 0 Å². The van der Waals surface area contributed by atoms with E-state index in [2.05, 4.69) is 24.4 Å². The smallest absolute Gasteiger partial charge is 0.245 e. The Kier molecular flexibility index (Phi) is 11.4. The van der Waals surface area contributed by atoms with E-state index in [0.29, 0.717) is 32.4 Å². The number of hydrogen-bond acceptors (Lipinski definition) is 4. The van der Waals surface area contributed by atoms with Gasteiger partial charge in [-0.25, -0.2) is 0 Å². The molecule has 0 radical (unpaired) electrons. The molecule has 2 aromatic carbocycles. The molecule has 1 aliphatic heterocycles. The zero-order valence-corrected chi connectivity index (χ0v) is 23.9. The van der Waals surface area contributed by atoms with Crippen molar-refractivity contribution in [2.24, 2.45) is 23.5 Å². The molecule has 3 N–H and O–H groups in total.